The molecule has 5 rings (SSSR count). The van der Waals surface area contributed by atoms with Crippen LogP contribution < -0.4 is 19.8 Å². The van der Waals surface area contributed by atoms with Gasteiger partial charge in [-0.1, -0.05) is 16.4 Å². The number of likely N-dealkylation sites (tertiary alicyclic amines) is 1. The number of H-pyrrole nitrogens is 1. The molecule has 0 aliphatic carbocycles. The molecule has 29 heavy (non-hydrogen) atoms. The van der Waals surface area contributed by atoms with Crippen molar-refractivity contribution in [3.8, 4) is 11.5 Å². The second kappa shape index (κ2) is 8.00. The quantitative estimate of drug-likeness (QED) is 0.545. The molecule has 8 nitrogen and oxygen atoms in total. The van der Waals surface area contributed by atoms with Crippen LogP contribution in [0.4, 0.5) is 5.82 Å². The highest BCUT2D eigenvalue weighted by Gasteiger charge is 2.22. The maximum Gasteiger partial charge on any atom is 0.294 e. The van der Waals surface area contributed by atoms with Gasteiger partial charge in [0.25, 0.3) is 5.65 Å². The van der Waals surface area contributed by atoms with E-state index in [4.69, 9.17) is 20.2 Å². The Balaban J connectivity index is 1.40. The molecule has 1 aromatic carbocycles. The van der Waals surface area contributed by atoms with E-state index < -0.39 is 0 Å². The summed E-state index contributed by atoms with van der Waals surface area (Å²) in [5.41, 5.74) is 7.71. The standard InChI is InChI=1S/C19H21BrN6O2S/c20-12-8-13-14(28-11-27-13)9-15(12)29-19-23-16-17(21)22-10-26(18(16)24-19)7-6-25-4-2-1-3-5-25/h8-10H,1-7,11H2,(H2,21,23,24)/p+1. The summed E-state index contributed by atoms with van der Waals surface area (Å²) in [5.74, 6) is 1.94. The highest BCUT2D eigenvalue weighted by atomic mass is 79.9. The number of hydrogen-bond donors (Lipinski definition) is 2. The van der Waals surface area contributed by atoms with Gasteiger partial charge in [-0.15, -0.1) is 0 Å². The Morgan fingerprint density at radius 3 is 2.83 bits per heavy atom. The average molecular weight is 478 g/mol. The number of imidazole rings is 1. The third-order valence-corrected chi connectivity index (χ3v) is 7.13. The molecule has 0 amide bonds. The summed E-state index contributed by atoms with van der Waals surface area (Å²) in [6, 6.07) is 3.87. The van der Waals surface area contributed by atoms with E-state index in [1.165, 1.54) is 44.1 Å². The van der Waals surface area contributed by atoms with Crippen molar-refractivity contribution in [3.63, 3.8) is 0 Å². The van der Waals surface area contributed by atoms with Gasteiger partial charge in [0.1, 0.15) is 0 Å². The molecule has 4 heterocycles. The van der Waals surface area contributed by atoms with Gasteiger partial charge < -0.3 is 25.1 Å². The van der Waals surface area contributed by atoms with Gasteiger partial charge in [0, 0.05) is 15.9 Å². The molecular weight excluding hydrogens is 456 g/mol. The Kier molecular flexibility index (Phi) is 5.23. The summed E-state index contributed by atoms with van der Waals surface area (Å²) in [6.45, 7) is 4.43. The number of fused-ring (bicyclic) bond motifs is 2. The van der Waals surface area contributed by atoms with Crippen LogP contribution in [0.2, 0.25) is 0 Å². The SMILES string of the molecule is Nc1nc[n+](CCN2CCCCC2)c2nc(Sc3cc4c(cc3Br)OCO4)[nH]c12. The number of rotatable bonds is 5. The number of anilines is 1. The molecule has 3 N–H and O–H groups in total. The van der Waals surface area contributed by atoms with Gasteiger partial charge in [-0.3, -0.25) is 0 Å². The van der Waals surface area contributed by atoms with E-state index in [0.717, 1.165) is 50.3 Å². The number of benzene rings is 1. The van der Waals surface area contributed by atoms with Gasteiger partial charge in [-0.05, 0) is 65.8 Å². The Hall–Kier alpha value is -2.04. The molecule has 1 fully saturated rings. The maximum atomic E-state index is 6.11. The van der Waals surface area contributed by atoms with Gasteiger partial charge >= 0.3 is 0 Å². The summed E-state index contributed by atoms with van der Waals surface area (Å²) in [4.78, 5) is 16.0. The van der Waals surface area contributed by atoms with Crippen LogP contribution in [0.5, 0.6) is 11.5 Å². The fraction of sp³-hybridized carbons (Fsp3) is 0.421. The summed E-state index contributed by atoms with van der Waals surface area (Å²) in [6.07, 6.45) is 5.70. The predicted molar refractivity (Wildman–Crippen MR) is 113 cm³/mol. The molecule has 152 valence electrons. The van der Waals surface area contributed by atoms with E-state index >= 15 is 0 Å². The van der Waals surface area contributed by atoms with Crippen molar-refractivity contribution in [1.82, 2.24) is 19.9 Å². The minimum Gasteiger partial charge on any atom is -0.454 e. The fourth-order valence-corrected chi connectivity index (χ4v) is 5.09. The van der Waals surface area contributed by atoms with Crippen LogP contribution in [0, 0.1) is 0 Å². The number of nitrogen functional groups attached to an aromatic ring is 1. The maximum absolute atomic E-state index is 6.11. The van der Waals surface area contributed by atoms with Gasteiger partial charge in [0.2, 0.25) is 24.1 Å². The van der Waals surface area contributed by atoms with Crippen molar-refractivity contribution in [3.05, 3.63) is 22.9 Å². The van der Waals surface area contributed by atoms with Crippen molar-refractivity contribution in [2.75, 3.05) is 32.2 Å². The lowest BCUT2D eigenvalue weighted by Gasteiger charge is -2.25. The molecular formula is C19H22BrN6O2S+. The van der Waals surface area contributed by atoms with Crippen LogP contribution in [0.1, 0.15) is 19.3 Å². The van der Waals surface area contributed by atoms with Crippen molar-refractivity contribution in [1.29, 1.82) is 0 Å². The number of nitrogens with two attached hydrogens (primary N) is 1. The summed E-state index contributed by atoms with van der Waals surface area (Å²) in [5, 5.41) is 0.756. The molecule has 10 heteroatoms. The highest BCUT2D eigenvalue weighted by Crippen LogP contribution is 2.42. The van der Waals surface area contributed by atoms with E-state index in [9.17, 15) is 0 Å². The van der Waals surface area contributed by atoms with E-state index in [-0.39, 0.29) is 6.79 Å². The van der Waals surface area contributed by atoms with Crippen LogP contribution in [0.3, 0.4) is 0 Å². The van der Waals surface area contributed by atoms with Gasteiger partial charge in [-0.2, -0.15) is 0 Å². The van der Waals surface area contributed by atoms with Crippen molar-refractivity contribution in [2.24, 2.45) is 0 Å². The van der Waals surface area contributed by atoms with Crippen molar-refractivity contribution in [2.45, 2.75) is 35.9 Å². The molecule has 0 unspecified atom stereocenters. The zero-order valence-corrected chi connectivity index (χ0v) is 18.3. The zero-order valence-electron chi connectivity index (χ0n) is 15.9. The monoisotopic (exact) mass is 477 g/mol. The lowest BCUT2D eigenvalue weighted by atomic mass is 10.1. The van der Waals surface area contributed by atoms with Crippen LogP contribution in [0.15, 0.2) is 33.0 Å². The number of aromatic nitrogens is 4. The number of piperidine rings is 1. The first-order valence-corrected chi connectivity index (χ1v) is 11.3. The molecule has 0 bridgehead atoms. The minimum atomic E-state index is 0.250. The van der Waals surface area contributed by atoms with Crippen LogP contribution >= 0.6 is 27.7 Å². The normalized spacial score (nSPS) is 16.6. The van der Waals surface area contributed by atoms with Crippen molar-refractivity contribution < 1.29 is 14.0 Å². The number of aromatic amines is 1. The lowest BCUT2D eigenvalue weighted by molar-refractivity contribution is -0.675. The molecule has 0 atom stereocenters. The third kappa shape index (κ3) is 3.88. The first-order valence-electron chi connectivity index (χ1n) is 9.70. The number of halogens is 1. The Bertz CT molecular complexity index is 1050. The number of hydrogen-bond acceptors (Lipinski definition) is 7. The van der Waals surface area contributed by atoms with E-state index in [2.05, 4.69) is 35.4 Å². The van der Waals surface area contributed by atoms with E-state index in [1.807, 2.05) is 12.1 Å². The summed E-state index contributed by atoms with van der Waals surface area (Å²) >= 11 is 5.12. The molecule has 2 aliphatic heterocycles. The smallest absolute Gasteiger partial charge is 0.294 e. The van der Waals surface area contributed by atoms with Crippen molar-refractivity contribution >= 4 is 44.7 Å². The minimum absolute atomic E-state index is 0.250. The first kappa shape index (κ1) is 19.0. The fourth-order valence-electron chi connectivity index (χ4n) is 3.71. The Morgan fingerprint density at radius 1 is 1.21 bits per heavy atom. The van der Waals surface area contributed by atoms with Gasteiger partial charge in [-0.25, -0.2) is 4.57 Å². The molecule has 0 saturated carbocycles. The molecule has 2 aliphatic rings. The Morgan fingerprint density at radius 2 is 2.00 bits per heavy atom. The van der Waals surface area contributed by atoms with Crippen LogP contribution in [0.25, 0.3) is 11.2 Å². The molecule has 1 saturated heterocycles. The highest BCUT2D eigenvalue weighted by molar-refractivity contribution is 9.10. The van der Waals surface area contributed by atoms with Gasteiger partial charge in [0.15, 0.2) is 17.0 Å². The topological polar surface area (TPSA) is 93.2 Å². The molecule has 2 aromatic heterocycles. The second-order valence-corrected chi connectivity index (χ2v) is 9.09. The largest absolute Gasteiger partial charge is 0.454 e. The Labute approximate surface area is 180 Å². The number of nitrogens with one attached hydrogen (secondary N) is 1. The zero-order chi connectivity index (χ0) is 19.8. The van der Waals surface area contributed by atoms with Crippen LogP contribution in [-0.4, -0.2) is 46.3 Å². The molecule has 0 spiro atoms. The first-order chi connectivity index (χ1) is 14.2. The number of ether oxygens (including phenoxy) is 2. The van der Waals surface area contributed by atoms with Crippen LogP contribution in [-0.2, 0) is 6.54 Å². The molecule has 3 aromatic rings. The summed E-state index contributed by atoms with van der Waals surface area (Å²) < 4.78 is 13.9. The van der Waals surface area contributed by atoms with Gasteiger partial charge in [0.05, 0.1) is 6.54 Å². The number of nitrogens with zero attached hydrogens (tertiary/aromatic N) is 4. The lowest BCUT2D eigenvalue weighted by Crippen LogP contribution is -2.43. The second-order valence-electron chi connectivity index (χ2n) is 7.20. The summed E-state index contributed by atoms with van der Waals surface area (Å²) in [7, 11) is 0. The average Bonchev–Trinajstić information content (AvgIpc) is 3.36. The molecule has 0 radical (unpaired) electrons. The van der Waals surface area contributed by atoms with E-state index in [0.29, 0.717) is 5.82 Å². The van der Waals surface area contributed by atoms with E-state index in [1.54, 1.807) is 6.33 Å². The third-order valence-electron chi connectivity index (χ3n) is 5.27. The predicted octanol–water partition coefficient (Wildman–Crippen LogP) is 2.96.